The van der Waals surface area contributed by atoms with Crippen LogP contribution in [0.5, 0.6) is 17.2 Å². The Morgan fingerprint density at radius 2 is 1.58 bits per heavy atom. The SMILES string of the molecule is COc1cc(C2Nc3cc(C)c(C)cc3NC3=CC(C)(C)CC(=O)C32)cc(OC)c1O. The smallest absolute Gasteiger partial charge is 0.200 e. The highest BCUT2D eigenvalue weighted by atomic mass is 16.5. The van der Waals surface area contributed by atoms with Crippen LogP contribution in [-0.2, 0) is 4.79 Å². The van der Waals surface area contributed by atoms with Gasteiger partial charge in [-0.1, -0.05) is 19.9 Å². The Kier molecular flexibility index (Phi) is 5.12. The molecule has 4 rings (SSSR count). The van der Waals surface area contributed by atoms with Crippen molar-refractivity contribution in [3.8, 4) is 17.2 Å². The summed E-state index contributed by atoms with van der Waals surface area (Å²) in [5, 5.41) is 17.5. The molecule has 6 heteroatoms. The molecule has 1 aliphatic carbocycles. The first-order chi connectivity index (χ1) is 14.6. The molecule has 31 heavy (non-hydrogen) atoms. The van der Waals surface area contributed by atoms with Gasteiger partial charge >= 0.3 is 0 Å². The van der Waals surface area contributed by atoms with Gasteiger partial charge in [0.25, 0.3) is 0 Å². The van der Waals surface area contributed by atoms with E-state index in [-0.39, 0.29) is 23.0 Å². The number of rotatable bonds is 3. The van der Waals surface area contributed by atoms with Crippen molar-refractivity contribution in [2.45, 2.75) is 40.2 Å². The minimum Gasteiger partial charge on any atom is -0.502 e. The van der Waals surface area contributed by atoms with Crippen LogP contribution in [-0.4, -0.2) is 25.1 Å². The van der Waals surface area contributed by atoms with Gasteiger partial charge in [0.15, 0.2) is 11.5 Å². The number of ketones is 1. The van der Waals surface area contributed by atoms with Crippen molar-refractivity contribution in [2.24, 2.45) is 11.3 Å². The minimum absolute atomic E-state index is 0.0563. The number of nitrogens with one attached hydrogen (secondary N) is 2. The van der Waals surface area contributed by atoms with E-state index in [0.717, 1.165) is 28.2 Å². The third-order valence-electron chi connectivity index (χ3n) is 6.28. The van der Waals surface area contributed by atoms with Gasteiger partial charge in [-0.05, 0) is 60.2 Å². The fourth-order valence-corrected chi connectivity index (χ4v) is 4.59. The molecule has 2 aliphatic rings. The van der Waals surface area contributed by atoms with Crippen molar-refractivity contribution >= 4 is 17.2 Å². The van der Waals surface area contributed by atoms with E-state index in [9.17, 15) is 9.90 Å². The van der Waals surface area contributed by atoms with Crippen molar-refractivity contribution in [2.75, 3.05) is 24.9 Å². The predicted octanol–water partition coefficient (Wildman–Crippen LogP) is 5.10. The van der Waals surface area contributed by atoms with Gasteiger partial charge in [-0.15, -0.1) is 0 Å². The lowest BCUT2D eigenvalue weighted by Gasteiger charge is -2.35. The van der Waals surface area contributed by atoms with Crippen LogP contribution in [0, 0.1) is 25.2 Å². The molecule has 2 aromatic rings. The zero-order valence-electron chi connectivity index (χ0n) is 18.9. The molecule has 0 aromatic heterocycles. The minimum atomic E-state index is -0.403. The molecular weight excluding hydrogens is 392 g/mol. The summed E-state index contributed by atoms with van der Waals surface area (Å²) in [6.07, 6.45) is 2.63. The number of carbonyl (C=O) groups is 1. The Morgan fingerprint density at radius 1 is 1.00 bits per heavy atom. The second-order valence-corrected chi connectivity index (χ2v) is 9.21. The van der Waals surface area contributed by atoms with Crippen molar-refractivity contribution in [3.05, 3.63) is 52.7 Å². The molecule has 2 atom stereocenters. The molecule has 0 amide bonds. The van der Waals surface area contributed by atoms with E-state index in [4.69, 9.17) is 9.47 Å². The van der Waals surface area contributed by atoms with Crippen molar-refractivity contribution in [3.63, 3.8) is 0 Å². The monoisotopic (exact) mass is 422 g/mol. The van der Waals surface area contributed by atoms with E-state index in [2.05, 4.69) is 56.5 Å². The Hall–Kier alpha value is -3.15. The number of benzene rings is 2. The summed E-state index contributed by atoms with van der Waals surface area (Å²) in [6, 6.07) is 7.40. The standard InChI is InChI=1S/C25H30N2O4/c1-13-7-16-17(8-14(13)2)27-23(15-9-20(30-5)24(29)21(10-15)31-6)22-18(26-16)11-25(3,4)12-19(22)28/h7-11,22-23,26-27,29H,12H2,1-6H3. The molecule has 1 aliphatic heterocycles. The third kappa shape index (κ3) is 3.71. The molecule has 2 aromatic carbocycles. The number of fused-ring (bicyclic) bond motifs is 2. The largest absolute Gasteiger partial charge is 0.502 e. The predicted molar refractivity (Wildman–Crippen MR) is 122 cm³/mol. The maximum atomic E-state index is 13.4. The molecule has 3 N–H and O–H groups in total. The highest BCUT2D eigenvalue weighted by Gasteiger charge is 2.42. The van der Waals surface area contributed by atoms with Gasteiger partial charge in [-0.2, -0.15) is 0 Å². The number of aryl methyl sites for hydroxylation is 2. The average molecular weight is 423 g/mol. The Morgan fingerprint density at radius 3 is 2.16 bits per heavy atom. The van der Waals surface area contributed by atoms with E-state index in [1.807, 2.05) is 0 Å². The first-order valence-electron chi connectivity index (χ1n) is 10.5. The van der Waals surface area contributed by atoms with E-state index in [0.29, 0.717) is 17.9 Å². The maximum absolute atomic E-state index is 13.4. The van der Waals surface area contributed by atoms with Crippen LogP contribution in [0.3, 0.4) is 0 Å². The average Bonchev–Trinajstić information content (AvgIpc) is 2.84. The van der Waals surface area contributed by atoms with Gasteiger partial charge in [0.05, 0.1) is 37.6 Å². The second-order valence-electron chi connectivity index (χ2n) is 9.21. The first kappa shape index (κ1) is 21.1. The third-order valence-corrected chi connectivity index (χ3v) is 6.28. The summed E-state index contributed by atoms with van der Waals surface area (Å²) < 4.78 is 10.8. The fraction of sp³-hybridized carbons (Fsp3) is 0.400. The number of methoxy groups -OCH3 is 2. The van der Waals surface area contributed by atoms with Gasteiger partial charge in [0, 0.05) is 12.1 Å². The van der Waals surface area contributed by atoms with E-state index in [1.54, 1.807) is 12.1 Å². The van der Waals surface area contributed by atoms with E-state index in [1.165, 1.54) is 19.8 Å². The molecular formula is C25H30N2O4. The van der Waals surface area contributed by atoms with Gasteiger partial charge in [-0.25, -0.2) is 0 Å². The number of allylic oxidation sites excluding steroid dienone is 1. The molecule has 0 saturated carbocycles. The van der Waals surface area contributed by atoms with Crippen LogP contribution < -0.4 is 20.1 Å². The molecule has 0 fully saturated rings. The zero-order valence-corrected chi connectivity index (χ0v) is 18.9. The Balaban J connectivity index is 1.93. The number of anilines is 2. The summed E-state index contributed by atoms with van der Waals surface area (Å²) in [5.74, 6) is 0.324. The van der Waals surface area contributed by atoms with Gasteiger partial charge < -0.3 is 25.2 Å². The van der Waals surface area contributed by atoms with E-state index < -0.39 is 5.92 Å². The second kappa shape index (κ2) is 7.52. The van der Waals surface area contributed by atoms with Crippen LogP contribution in [0.4, 0.5) is 11.4 Å². The molecule has 0 saturated heterocycles. The number of phenols is 1. The highest BCUT2D eigenvalue weighted by Crippen LogP contribution is 2.48. The zero-order chi connectivity index (χ0) is 22.5. The summed E-state index contributed by atoms with van der Waals surface area (Å²) in [6.45, 7) is 8.32. The van der Waals surface area contributed by atoms with Crippen LogP contribution in [0.15, 0.2) is 36.0 Å². The van der Waals surface area contributed by atoms with Gasteiger partial charge in [0.2, 0.25) is 5.75 Å². The molecule has 0 spiro atoms. The van der Waals surface area contributed by atoms with Crippen LogP contribution in [0.1, 0.15) is 43.0 Å². The van der Waals surface area contributed by atoms with Crippen LogP contribution >= 0.6 is 0 Å². The fourth-order valence-electron chi connectivity index (χ4n) is 4.59. The number of carbonyl (C=O) groups excluding carboxylic acids is 1. The molecule has 0 radical (unpaired) electrons. The van der Waals surface area contributed by atoms with Crippen molar-refractivity contribution in [1.82, 2.24) is 0 Å². The Bertz CT molecular complexity index is 1060. The normalized spacial score (nSPS) is 21.6. The maximum Gasteiger partial charge on any atom is 0.200 e. The van der Waals surface area contributed by atoms with E-state index >= 15 is 0 Å². The Labute approximate surface area is 183 Å². The number of ether oxygens (including phenoxy) is 2. The first-order valence-corrected chi connectivity index (χ1v) is 10.5. The van der Waals surface area contributed by atoms with Gasteiger partial charge in [0.1, 0.15) is 5.78 Å². The summed E-state index contributed by atoms with van der Waals surface area (Å²) in [5.41, 5.74) is 5.70. The highest BCUT2D eigenvalue weighted by molar-refractivity contribution is 5.90. The number of hydrogen-bond acceptors (Lipinski definition) is 6. The number of aromatic hydroxyl groups is 1. The lowest BCUT2D eigenvalue weighted by Crippen LogP contribution is -2.36. The summed E-state index contributed by atoms with van der Waals surface area (Å²) >= 11 is 0. The topological polar surface area (TPSA) is 79.8 Å². The number of phenolic OH excluding ortho intramolecular Hbond substituents is 1. The molecule has 2 unspecified atom stereocenters. The molecule has 1 heterocycles. The molecule has 164 valence electrons. The molecule has 6 nitrogen and oxygen atoms in total. The quantitative estimate of drug-likeness (QED) is 0.638. The number of Topliss-reactive ketones (excluding diaryl/α,β-unsaturated/α-hetero) is 1. The van der Waals surface area contributed by atoms with Crippen LogP contribution in [0.2, 0.25) is 0 Å². The van der Waals surface area contributed by atoms with Crippen molar-refractivity contribution < 1.29 is 19.4 Å². The van der Waals surface area contributed by atoms with Crippen LogP contribution in [0.25, 0.3) is 0 Å². The lowest BCUT2D eigenvalue weighted by molar-refractivity contribution is -0.124. The molecule has 0 bridgehead atoms. The summed E-state index contributed by atoms with van der Waals surface area (Å²) in [7, 11) is 3.00. The lowest BCUT2D eigenvalue weighted by atomic mass is 9.72. The van der Waals surface area contributed by atoms with Crippen molar-refractivity contribution in [1.29, 1.82) is 0 Å². The summed E-state index contributed by atoms with van der Waals surface area (Å²) in [4.78, 5) is 13.4. The number of hydrogen-bond donors (Lipinski definition) is 3. The van der Waals surface area contributed by atoms with Gasteiger partial charge in [-0.3, -0.25) is 4.79 Å².